The molecule has 7 aromatic carbocycles. The van der Waals surface area contributed by atoms with Crippen LogP contribution in [0.3, 0.4) is 0 Å². The number of rotatable bonds is 48. The van der Waals surface area contributed by atoms with E-state index >= 15 is 0 Å². The second-order valence-electron chi connectivity index (χ2n) is 27.5. The maximum atomic E-state index is 10.8. The number of aryl methyl sites for hydroxylation is 7. The lowest BCUT2D eigenvalue weighted by Gasteiger charge is -2.06. The standard InChI is InChI=1S/C27H41S2.C26H38S2.C15H22OS.C13H20O.C12H18/c1-4-6-8-10-12-24-14-18-26(19-15-24)22-28-29(3)23-27-20-16-25(17-21-27)13-11-9-7-5-2;1-3-5-7-9-11-23-13-17-25(18-14-23)21-27-28-22-26-19-15-24(16-20-26)12-10-8-6-4-2;1-3-4-5-6-7-14-8-10-15(11-9-14)12-17-13(2)16;1-2-3-4-5-6-12-7-9-13(11-14)10-8-12;1-2-3-4-6-9-12-10-7-5-8-11-12/h14-21H,4-13,22-23H2,1-3H3;13-20H,3-12,21-22H2,1-2H3;8-11H,3-7,12H2,1-2H3;7-10,14H,2-6,11H2,1H3;5,7-8,10-11H,2-4,6,9H2,1H3/q+1;;;;. The van der Waals surface area contributed by atoms with Crippen LogP contribution in [0.1, 0.15) is 307 Å². The Kier molecular flexibility index (Phi) is 57.1. The van der Waals surface area contributed by atoms with Crippen molar-refractivity contribution in [2.24, 2.45) is 0 Å². The molecule has 1 unspecified atom stereocenters. The number of thioether (sulfide) groups is 1. The van der Waals surface area contributed by atoms with E-state index in [9.17, 15) is 4.79 Å². The van der Waals surface area contributed by atoms with Crippen molar-refractivity contribution in [1.29, 1.82) is 0 Å². The summed E-state index contributed by atoms with van der Waals surface area (Å²) in [6, 6.07) is 65.0. The maximum Gasteiger partial charge on any atom is 0.186 e. The van der Waals surface area contributed by atoms with Crippen molar-refractivity contribution in [3.63, 3.8) is 0 Å². The monoisotopic (exact) mass is 1450 g/mol. The van der Waals surface area contributed by atoms with Crippen LogP contribution in [0.4, 0.5) is 0 Å². The Hall–Kier alpha value is -4.08. The Labute approximate surface area is 634 Å². The van der Waals surface area contributed by atoms with Gasteiger partial charge in [-0.1, -0.05) is 393 Å². The molecule has 552 valence electrons. The molecule has 7 aromatic rings. The highest BCUT2D eigenvalue weighted by molar-refractivity contribution is 8.76. The molecule has 7 rings (SSSR count). The van der Waals surface area contributed by atoms with E-state index in [2.05, 4.69) is 229 Å². The Bertz CT molecular complexity index is 2870. The van der Waals surface area contributed by atoms with Gasteiger partial charge in [0.2, 0.25) is 0 Å². The Morgan fingerprint density at radius 3 is 0.770 bits per heavy atom. The molecule has 0 saturated carbocycles. The summed E-state index contributed by atoms with van der Waals surface area (Å²) in [6.07, 6.45) is 48.4. The Morgan fingerprint density at radius 1 is 0.280 bits per heavy atom. The van der Waals surface area contributed by atoms with Gasteiger partial charge in [-0.2, -0.15) is 0 Å². The second-order valence-corrected chi connectivity index (χ2v) is 35.5. The van der Waals surface area contributed by atoms with Gasteiger partial charge < -0.3 is 5.11 Å². The van der Waals surface area contributed by atoms with Crippen LogP contribution in [0.25, 0.3) is 0 Å². The maximum absolute atomic E-state index is 10.8. The van der Waals surface area contributed by atoms with Crippen LogP contribution >= 0.6 is 44.1 Å². The van der Waals surface area contributed by atoms with Crippen molar-refractivity contribution < 1.29 is 9.90 Å². The van der Waals surface area contributed by atoms with E-state index in [1.807, 2.05) is 33.7 Å². The van der Waals surface area contributed by atoms with E-state index in [1.165, 1.54) is 309 Å². The van der Waals surface area contributed by atoms with Crippen LogP contribution in [0.15, 0.2) is 176 Å². The quantitative estimate of drug-likeness (QED) is 0.0233. The van der Waals surface area contributed by atoms with E-state index in [0.717, 1.165) is 28.6 Å². The van der Waals surface area contributed by atoms with Gasteiger partial charge in [-0.25, -0.2) is 0 Å². The van der Waals surface area contributed by atoms with Gasteiger partial charge in [-0.15, -0.1) is 0 Å². The number of hydrogen-bond acceptors (Lipinski definition) is 6. The van der Waals surface area contributed by atoms with Gasteiger partial charge in [0.1, 0.15) is 12.0 Å². The fourth-order valence-electron chi connectivity index (χ4n) is 11.6. The summed E-state index contributed by atoms with van der Waals surface area (Å²) in [4.78, 5) is 10.8. The molecule has 0 aliphatic carbocycles. The van der Waals surface area contributed by atoms with Crippen LogP contribution in [0, 0.1) is 0 Å². The molecule has 0 aliphatic heterocycles. The third-order valence-corrected chi connectivity index (χ3v) is 24.8. The topological polar surface area (TPSA) is 37.3 Å². The van der Waals surface area contributed by atoms with Crippen LogP contribution in [0.5, 0.6) is 0 Å². The summed E-state index contributed by atoms with van der Waals surface area (Å²) in [5.74, 6) is 5.31. The van der Waals surface area contributed by atoms with E-state index in [-0.39, 0.29) is 11.7 Å². The van der Waals surface area contributed by atoms with Gasteiger partial charge in [0.25, 0.3) is 0 Å². The molecule has 0 amide bonds. The van der Waals surface area contributed by atoms with E-state index in [1.54, 1.807) is 6.92 Å². The first-order valence-corrected chi connectivity index (χ1v) is 46.6. The van der Waals surface area contributed by atoms with Crippen LogP contribution in [-0.2, 0) is 95.0 Å². The van der Waals surface area contributed by atoms with E-state index in [4.69, 9.17) is 5.11 Å². The van der Waals surface area contributed by atoms with Crippen LogP contribution < -0.4 is 0 Å². The molecule has 2 nitrogen and oxygen atoms in total. The zero-order valence-electron chi connectivity index (χ0n) is 64.6. The number of carbonyl (C=O) groups is 1. The van der Waals surface area contributed by atoms with Crippen molar-refractivity contribution >= 4 is 59.2 Å². The molecule has 0 fully saturated rings. The number of unbranched alkanes of at least 4 members (excludes halogenated alkanes) is 21. The normalized spacial score (nSPS) is 11.1. The number of carbonyl (C=O) groups excluding carboxylic acids is 1. The molecule has 1 atom stereocenters. The van der Waals surface area contributed by atoms with E-state index in [0.29, 0.717) is 9.93 Å². The highest BCUT2D eigenvalue weighted by Gasteiger charge is 2.15. The van der Waals surface area contributed by atoms with Gasteiger partial charge in [0, 0.05) is 29.7 Å². The van der Waals surface area contributed by atoms with Crippen LogP contribution in [-0.4, -0.2) is 16.5 Å². The Balaban J connectivity index is 0.000000339. The molecule has 0 bridgehead atoms. The lowest BCUT2D eigenvalue weighted by molar-refractivity contribution is -0.109. The summed E-state index contributed by atoms with van der Waals surface area (Å²) in [6.45, 7) is 17.6. The number of benzene rings is 7. The fourth-order valence-corrected chi connectivity index (χ4v) is 17.3. The number of aliphatic hydroxyl groups excluding tert-OH is 1. The summed E-state index contributed by atoms with van der Waals surface area (Å²) in [7, 11) is 6.42. The van der Waals surface area contributed by atoms with E-state index < -0.39 is 0 Å². The van der Waals surface area contributed by atoms with Gasteiger partial charge in [-0.3, -0.25) is 4.79 Å². The fraction of sp³-hybridized carbons (Fsp3) is 0.538. The number of aliphatic hydroxyl groups is 1. The average Bonchev–Trinajstić information content (AvgIpc) is 1.05. The SMILES string of the molecule is CCCCCCc1ccc(CO)cc1.CCCCCCc1ccc(CSC(C)=O)cc1.CCCCCCc1ccc(CSSCc2ccc(CCCCCC)cc2)cc1.CCCCCCc1ccc(CS[S+](C)Cc2ccc(CCCCCC)cc2)cc1.CCCCCCc1ccccc1. The molecule has 100 heavy (non-hydrogen) atoms. The van der Waals surface area contributed by atoms with Crippen molar-refractivity contribution in [2.75, 3.05) is 6.26 Å². The minimum atomic E-state index is 0.149. The molecule has 0 spiro atoms. The predicted octanol–water partition coefficient (Wildman–Crippen LogP) is 29.2. The molecule has 7 heteroatoms. The average molecular weight is 1450 g/mol. The first kappa shape index (κ1) is 90.1. The highest BCUT2D eigenvalue weighted by Crippen LogP contribution is 2.30. The molecular formula is C93H139O2S5+. The lowest BCUT2D eigenvalue weighted by atomic mass is 10.0. The summed E-state index contributed by atoms with van der Waals surface area (Å²) >= 11 is 1.38. The third-order valence-electron chi connectivity index (χ3n) is 18.2. The van der Waals surface area contributed by atoms with Gasteiger partial charge in [0.15, 0.2) is 5.12 Å². The van der Waals surface area contributed by atoms with Gasteiger partial charge in [-0.05, 0) is 157 Å². The van der Waals surface area contributed by atoms with Gasteiger partial charge >= 0.3 is 0 Å². The van der Waals surface area contributed by atoms with Gasteiger partial charge in [0.05, 0.1) is 33.1 Å². The van der Waals surface area contributed by atoms with Crippen molar-refractivity contribution in [1.82, 2.24) is 0 Å². The molecule has 0 radical (unpaired) electrons. The van der Waals surface area contributed by atoms with Crippen molar-refractivity contribution in [2.45, 2.75) is 315 Å². The second kappa shape index (κ2) is 63.4. The number of hydrogen-bond donors (Lipinski definition) is 1. The zero-order chi connectivity index (χ0) is 72.0. The molecule has 0 aromatic heterocycles. The Morgan fingerprint density at radius 2 is 0.510 bits per heavy atom. The van der Waals surface area contributed by atoms with Crippen molar-refractivity contribution in [3.05, 3.63) is 248 Å². The third kappa shape index (κ3) is 48.8. The smallest absolute Gasteiger partial charge is 0.186 e. The zero-order valence-corrected chi connectivity index (χ0v) is 68.7. The summed E-state index contributed by atoms with van der Waals surface area (Å²) in [5.41, 5.74) is 18.4. The van der Waals surface area contributed by atoms with Crippen molar-refractivity contribution in [3.8, 4) is 0 Å². The molecule has 0 heterocycles. The minimum absolute atomic E-state index is 0.149. The first-order chi connectivity index (χ1) is 49.0. The summed E-state index contributed by atoms with van der Waals surface area (Å²) < 4.78 is 0. The summed E-state index contributed by atoms with van der Waals surface area (Å²) in [5, 5.41) is 9.06. The largest absolute Gasteiger partial charge is 0.392 e. The first-order valence-electron chi connectivity index (χ1n) is 39.8. The molecule has 1 N–H and O–H groups in total. The lowest BCUT2D eigenvalue weighted by Crippen LogP contribution is -1.99. The highest BCUT2D eigenvalue weighted by atomic mass is 33.1. The molecule has 0 aliphatic rings. The minimum Gasteiger partial charge on any atom is -0.392 e. The molecule has 0 saturated heterocycles. The predicted molar refractivity (Wildman–Crippen MR) is 459 cm³/mol. The molecular weight excluding hydrogens is 1310 g/mol. The van der Waals surface area contributed by atoms with Crippen LogP contribution in [0.2, 0.25) is 0 Å².